The van der Waals surface area contributed by atoms with Crippen molar-refractivity contribution in [1.82, 2.24) is 10.2 Å². The van der Waals surface area contributed by atoms with Gasteiger partial charge in [0.05, 0.1) is 0 Å². The van der Waals surface area contributed by atoms with Crippen LogP contribution in [0.25, 0.3) is 0 Å². The van der Waals surface area contributed by atoms with Crippen molar-refractivity contribution in [3.05, 3.63) is 17.7 Å². The molecule has 0 spiro atoms. The van der Waals surface area contributed by atoms with Crippen molar-refractivity contribution in [2.45, 2.75) is 19.3 Å². The molecule has 2 rings (SSSR count). The van der Waals surface area contributed by atoms with Gasteiger partial charge in [0.15, 0.2) is 0 Å². The fraction of sp³-hybridized carbons (Fsp3) is 0.556. The minimum absolute atomic E-state index is 0.772. The lowest BCUT2D eigenvalue weighted by Crippen LogP contribution is -2.15. The Labute approximate surface area is 81.9 Å². The van der Waals surface area contributed by atoms with Gasteiger partial charge in [0, 0.05) is 6.54 Å². The van der Waals surface area contributed by atoms with Crippen LogP contribution >= 0.6 is 11.3 Å². The maximum atomic E-state index is 3.94. The van der Waals surface area contributed by atoms with E-state index < -0.39 is 0 Å². The van der Waals surface area contributed by atoms with E-state index >= 15 is 0 Å². The van der Waals surface area contributed by atoms with Gasteiger partial charge >= 0.3 is 0 Å². The molecule has 70 valence electrons. The summed E-state index contributed by atoms with van der Waals surface area (Å²) in [6, 6.07) is 0. The number of hydrogen-bond donors (Lipinski definition) is 1. The summed E-state index contributed by atoms with van der Waals surface area (Å²) in [4.78, 5) is 0. The fourth-order valence-electron chi connectivity index (χ4n) is 1.52. The molecular formula is C9H13N3S. The van der Waals surface area contributed by atoms with Crippen LogP contribution in [0.3, 0.4) is 0 Å². The third-order valence-corrected chi connectivity index (χ3v) is 2.93. The summed E-state index contributed by atoms with van der Waals surface area (Å²) in [5.74, 6) is 0.772. The van der Waals surface area contributed by atoms with Crippen molar-refractivity contribution in [2.75, 3.05) is 11.9 Å². The minimum atomic E-state index is 0.772. The van der Waals surface area contributed by atoms with E-state index in [4.69, 9.17) is 0 Å². The zero-order valence-corrected chi connectivity index (χ0v) is 8.26. The molecule has 1 heterocycles. The van der Waals surface area contributed by atoms with Crippen LogP contribution in [0.15, 0.2) is 17.7 Å². The molecule has 0 saturated carbocycles. The van der Waals surface area contributed by atoms with E-state index in [-0.39, 0.29) is 0 Å². The summed E-state index contributed by atoms with van der Waals surface area (Å²) in [6.07, 6.45) is 8.26. The predicted octanol–water partition coefficient (Wildman–Crippen LogP) is 2.31. The third kappa shape index (κ3) is 2.52. The van der Waals surface area contributed by atoms with Gasteiger partial charge in [-0.05, 0) is 25.2 Å². The molecule has 0 amide bonds. The highest BCUT2D eigenvalue weighted by molar-refractivity contribution is 7.13. The normalized spacial score (nSPS) is 21.7. The first-order valence-electron chi connectivity index (χ1n) is 4.60. The van der Waals surface area contributed by atoms with Crippen LogP contribution in [0.1, 0.15) is 19.3 Å². The van der Waals surface area contributed by atoms with E-state index in [0.29, 0.717) is 0 Å². The van der Waals surface area contributed by atoms with Crippen molar-refractivity contribution in [3.63, 3.8) is 0 Å². The van der Waals surface area contributed by atoms with E-state index in [2.05, 4.69) is 27.7 Å². The zero-order valence-electron chi connectivity index (χ0n) is 7.44. The van der Waals surface area contributed by atoms with Crippen molar-refractivity contribution in [1.29, 1.82) is 0 Å². The number of aromatic nitrogens is 2. The lowest BCUT2D eigenvalue weighted by atomic mass is 9.95. The average Bonchev–Trinajstić information content (AvgIpc) is 2.69. The molecule has 1 unspecified atom stereocenters. The van der Waals surface area contributed by atoms with Gasteiger partial charge in [-0.3, -0.25) is 0 Å². The van der Waals surface area contributed by atoms with Crippen LogP contribution in [0.4, 0.5) is 5.13 Å². The van der Waals surface area contributed by atoms with Gasteiger partial charge in [-0.2, -0.15) is 0 Å². The first-order valence-corrected chi connectivity index (χ1v) is 5.48. The van der Waals surface area contributed by atoms with E-state index in [9.17, 15) is 0 Å². The largest absolute Gasteiger partial charge is 0.360 e. The molecule has 0 aromatic carbocycles. The van der Waals surface area contributed by atoms with E-state index in [1.54, 1.807) is 16.8 Å². The van der Waals surface area contributed by atoms with E-state index in [1.165, 1.54) is 19.3 Å². The SMILES string of the molecule is C1=CCC(CNc2nncs2)CC1. The Kier molecular flexibility index (Phi) is 2.92. The van der Waals surface area contributed by atoms with Crippen LogP contribution in [0.5, 0.6) is 0 Å². The third-order valence-electron chi connectivity index (χ3n) is 2.28. The quantitative estimate of drug-likeness (QED) is 0.752. The maximum Gasteiger partial charge on any atom is 0.205 e. The molecule has 3 nitrogen and oxygen atoms in total. The van der Waals surface area contributed by atoms with Crippen LogP contribution < -0.4 is 5.32 Å². The van der Waals surface area contributed by atoms with Crippen LogP contribution in [-0.2, 0) is 0 Å². The lowest BCUT2D eigenvalue weighted by Gasteiger charge is -2.17. The highest BCUT2D eigenvalue weighted by atomic mass is 32.1. The smallest absolute Gasteiger partial charge is 0.205 e. The summed E-state index contributed by atoms with van der Waals surface area (Å²) < 4.78 is 0. The Hall–Kier alpha value is -0.900. The molecule has 1 aromatic rings. The number of rotatable bonds is 3. The second kappa shape index (κ2) is 4.37. The molecule has 1 aromatic heterocycles. The molecule has 0 fully saturated rings. The van der Waals surface area contributed by atoms with Gasteiger partial charge < -0.3 is 5.32 Å². The molecule has 1 aliphatic carbocycles. The van der Waals surface area contributed by atoms with Gasteiger partial charge in [0.1, 0.15) is 5.51 Å². The predicted molar refractivity (Wildman–Crippen MR) is 54.9 cm³/mol. The monoisotopic (exact) mass is 195 g/mol. The second-order valence-electron chi connectivity index (χ2n) is 3.28. The van der Waals surface area contributed by atoms with E-state index in [0.717, 1.165) is 17.6 Å². The first-order chi connectivity index (χ1) is 6.45. The summed E-state index contributed by atoms with van der Waals surface area (Å²) in [5, 5.41) is 12.0. The van der Waals surface area contributed by atoms with Crippen LogP contribution in [0, 0.1) is 5.92 Å². The number of anilines is 1. The molecule has 0 saturated heterocycles. The van der Waals surface area contributed by atoms with Crippen molar-refractivity contribution < 1.29 is 0 Å². The minimum Gasteiger partial charge on any atom is -0.360 e. The molecular weight excluding hydrogens is 182 g/mol. The van der Waals surface area contributed by atoms with Crippen molar-refractivity contribution in [3.8, 4) is 0 Å². The molecule has 4 heteroatoms. The van der Waals surface area contributed by atoms with E-state index in [1.807, 2.05) is 0 Å². The standard InChI is InChI=1S/C9H13N3S/c1-2-4-8(5-3-1)6-10-9-12-11-7-13-9/h1-2,7-8H,3-6H2,(H,10,12). The first kappa shape index (κ1) is 8.69. The number of allylic oxidation sites excluding steroid dienone is 2. The summed E-state index contributed by atoms with van der Waals surface area (Å²) >= 11 is 1.56. The Morgan fingerprint density at radius 1 is 1.54 bits per heavy atom. The Morgan fingerprint density at radius 3 is 3.23 bits per heavy atom. The highest BCUT2D eigenvalue weighted by Gasteiger charge is 2.09. The molecule has 13 heavy (non-hydrogen) atoms. The Bertz CT molecular complexity index is 268. The molecule has 0 bridgehead atoms. The van der Waals surface area contributed by atoms with Gasteiger partial charge in [-0.25, -0.2) is 0 Å². The Morgan fingerprint density at radius 2 is 2.54 bits per heavy atom. The topological polar surface area (TPSA) is 37.8 Å². The van der Waals surface area contributed by atoms with Gasteiger partial charge in [-0.15, -0.1) is 10.2 Å². The molecule has 0 radical (unpaired) electrons. The summed E-state index contributed by atoms with van der Waals surface area (Å²) in [6.45, 7) is 1.03. The summed E-state index contributed by atoms with van der Waals surface area (Å²) in [5.41, 5.74) is 1.75. The van der Waals surface area contributed by atoms with Gasteiger partial charge in [0.25, 0.3) is 0 Å². The number of nitrogens with zero attached hydrogens (tertiary/aromatic N) is 2. The molecule has 1 atom stereocenters. The zero-order chi connectivity index (χ0) is 8.93. The average molecular weight is 195 g/mol. The maximum absolute atomic E-state index is 3.94. The lowest BCUT2D eigenvalue weighted by molar-refractivity contribution is 0.504. The Balaban J connectivity index is 1.76. The summed E-state index contributed by atoms with van der Waals surface area (Å²) in [7, 11) is 0. The van der Waals surface area contributed by atoms with Crippen LogP contribution in [-0.4, -0.2) is 16.7 Å². The molecule has 1 aliphatic rings. The number of hydrogen-bond acceptors (Lipinski definition) is 4. The number of nitrogens with one attached hydrogen (secondary N) is 1. The molecule has 0 aliphatic heterocycles. The second-order valence-corrected chi connectivity index (χ2v) is 4.11. The van der Waals surface area contributed by atoms with Crippen molar-refractivity contribution >= 4 is 16.5 Å². The highest BCUT2D eigenvalue weighted by Crippen LogP contribution is 2.19. The fourth-order valence-corrected chi connectivity index (χ4v) is 1.98. The van der Waals surface area contributed by atoms with Gasteiger partial charge in [-0.1, -0.05) is 23.5 Å². The van der Waals surface area contributed by atoms with Crippen LogP contribution in [0.2, 0.25) is 0 Å². The molecule has 1 N–H and O–H groups in total. The van der Waals surface area contributed by atoms with Gasteiger partial charge in [0.2, 0.25) is 5.13 Å². The van der Waals surface area contributed by atoms with Crippen molar-refractivity contribution in [2.24, 2.45) is 5.92 Å².